The van der Waals surface area contributed by atoms with Crippen LogP contribution < -0.4 is 10.1 Å². The Labute approximate surface area is 198 Å². The molecular formula is C26H31FN4O3. The maximum atomic E-state index is 13.7. The van der Waals surface area contributed by atoms with Crippen LogP contribution in [0, 0.1) is 5.82 Å². The molecule has 0 saturated carbocycles. The lowest BCUT2D eigenvalue weighted by atomic mass is 9.68. The van der Waals surface area contributed by atoms with Crippen molar-refractivity contribution >= 4 is 16.9 Å². The van der Waals surface area contributed by atoms with Crippen molar-refractivity contribution in [3.05, 3.63) is 65.1 Å². The molecular weight excluding hydrogens is 435 g/mol. The van der Waals surface area contributed by atoms with E-state index < -0.39 is 6.04 Å². The third-order valence-electron chi connectivity index (χ3n) is 7.06. The van der Waals surface area contributed by atoms with E-state index in [1.807, 2.05) is 25.1 Å². The predicted octanol–water partition coefficient (Wildman–Crippen LogP) is 3.54. The smallest absolute Gasteiger partial charge is 0.318 e. The number of aliphatic hydroxyl groups excluding tert-OH is 1. The minimum Gasteiger partial charge on any atom is -0.497 e. The molecule has 3 aromatic rings. The molecule has 0 aliphatic carbocycles. The van der Waals surface area contributed by atoms with Crippen molar-refractivity contribution in [3.8, 4) is 5.75 Å². The zero-order valence-electron chi connectivity index (χ0n) is 19.6. The molecule has 34 heavy (non-hydrogen) atoms. The van der Waals surface area contributed by atoms with Crippen molar-refractivity contribution in [2.75, 3.05) is 39.9 Å². The number of aromatic amines is 1. The van der Waals surface area contributed by atoms with Crippen LogP contribution in [-0.4, -0.2) is 65.8 Å². The van der Waals surface area contributed by atoms with Gasteiger partial charge in [-0.05, 0) is 41.8 Å². The number of rotatable bonds is 6. The number of ether oxygens (including phenoxy) is 1. The molecule has 2 aromatic carbocycles. The van der Waals surface area contributed by atoms with Gasteiger partial charge in [-0.3, -0.25) is 4.90 Å². The summed E-state index contributed by atoms with van der Waals surface area (Å²) in [6.07, 6.45) is 0.841. The number of carbonyl (C=O) groups excluding carboxylic acids is 1. The molecule has 1 aromatic heterocycles. The molecule has 0 radical (unpaired) electrons. The average Bonchev–Trinajstić information content (AvgIpc) is 3.20. The first-order chi connectivity index (χ1) is 16.5. The van der Waals surface area contributed by atoms with Crippen molar-refractivity contribution in [2.24, 2.45) is 0 Å². The fourth-order valence-electron chi connectivity index (χ4n) is 5.63. The molecule has 180 valence electrons. The standard InChI is InChI=1S/C26H31FN4O3/c1-3-9-28-25(33)31-16-26(14-30(15-26)12-17-5-4-6-18(27)10-17)23-20-8-7-19(34-2)11-21(20)29-24(23)22(31)13-32/h4-8,10-11,22,29,32H,3,9,12-16H2,1-2H3,(H,28,33)/t22-/m0/s1. The van der Waals surface area contributed by atoms with Crippen LogP contribution in [0.25, 0.3) is 10.9 Å². The van der Waals surface area contributed by atoms with Crippen LogP contribution in [0.1, 0.15) is 36.2 Å². The van der Waals surface area contributed by atoms with Gasteiger partial charge in [-0.2, -0.15) is 0 Å². The molecule has 2 amide bonds. The van der Waals surface area contributed by atoms with Gasteiger partial charge in [0.2, 0.25) is 0 Å². The maximum Gasteiger partial charge on any atom is 0.318 e. The van der Waals surface area contributed by atoms with E-state index >= 15 is 0 Å². The highest BCUT2D eigenvalue weighted by Crippen LogP contribution is 2.48. The van der Waals surface area contributed by atoms with Crippen molar-refractivity contribution in [1.82, 2.24) is 20.1 Å². The number of methoxy groups -OCH3 is 1. The fourth-order valence-corrected chi connectivity index (χ4v) is 5.63. The molecule has 3 heterocycles. The van der Waals surface area contributed by atoms with Gasteiger partial charge in [-0.25, -0.2) is 9.18 Å². The SMILES string of the molecule is CCCNC(=O)N1CC2(CN(Cc3cccc(F)c3)C2)c2c([nH]c3cc(OC)ccc23)[C@@H]1CO. The number of H-pyrrole nitrogens is 1. The molecule has 2 aliphatic heterocycles. The van der Waals surface area contributed by atoms with E-state index in [9.17, 15) is 14.3 Å². The second-order valence-electron chi connectivity index (χ2n) is 9.44. The molecule has 7 nitrogen and oxygen atoms in total. The van der Waals surface area contributed by atoms with Crippen molar-refractivity contribution in [3.63, 3.8) is 0 Å². The minimum absolute atomic E-state index is 0.161. The van der Waals surface area contributed by atoms with E-state index in [0.29, 0.717) is 19.6 Å². The summed E-state index contributed by atoms with van der Waals surface area (Å²) < 4.78 is 19.1. The number of benzene rings is 2. The van der Waals surface area contributed by atoms with Crippen LogP contribution in [0.3, 0.4) is 0 Å². The average molecular weight is 467 g/mol. The van der Waals surface area contributed by atoms with Crippen molar-refractivity contribution < 1.29 is 19.0 Å². The molecule has 2 aliphatic rings. The Bertz CT molecular complexity index is 1200. The van der Waals surface area contributed by atoms with E-state index in [2.05, 4.69) is 21.3 Å². The monoisotopic (exact) mass is 466 g/mol. The summed E-state index contributed by atoms with van der Waals surface area (Å²) in [4.78, 5) is 20.7. The van der Waals surface area contributed by atoms with Crippen LogP contribution >= 0.6 is 0 Å². The maximum absolute atomic E-state index is 13.7. The second kappa shape index (κ2) is 8.92. The molecule has 1 fully saturated rings. The lowest BCUT2D eigenvalue weighted by Gasteiger charge is -2.56. The molecule has 8 heteroatoms. The fraction of sp³-hybridized carbons (Fsp3) is 0.423. The van der Waals surface area contributed by atoms with Gasteiger partial charge in [0.05, 0.1) is 19.8 Å². The van der Waals surface area contributed by atoms with E-state index in [0.717, 1.165) is 47.4 Å². The van der Waals surface area contributed by atoms with E-state index in [-0.39, 0.29) is 23.9 Å². The molecule has 1 saturated heterocycles. The summed E-state index contributed by atoms with van der Waals surface area (Å²) >= 11 is 0. The van der Waals surface area contributed by atoms with Crippen LogP contribution in [0.15, 0.2) is 42.5 Å². The second-order valence-corrected chi connectivity index (χ2v) is 9.44. The number of likely N-dealkylation sites (tertiary alicyclic amines) is 1. The Kier molecular flexibility index (Phi) is 5.95. The number of hydrogen-bond donors (Lipinski definition) is 3. The van der Waals surface area contributed by atoms with E-state index in [1.54, 1.807) is 24.1 Å². The van der Waals surface area contributed by atoms with Gasteiger partial charge in [-0.15, -0.1) is 0 Å². The molecule has 5 rings (SSSR count). The Hall–Kier alpha value is -3.10. The molecule has 0 unspecified atom stereocenters. The summed E-state index contributed by atoms with van der Waals surface area (Å²) in [5, 5.41) is 14.4. The van der Waals surface area contributed by atoms with Gasteiger partial charge in [0.15, 0.2) is 0 Å². The summed E-state index contributed by atoms with van der Waals surface area (Å²) in [6.45, 7) is 5.08. The third kappa shape index (κ3) is 3.80. The Morgan fingerprint density at radius 3 is 2.79 bits per heavy atom. The first-order valence-corrected chi connectivity index (χ1v) is 11.8. The Morgan fingerprint density at radius 1 is 1.26 bits per heavy atom. The third-order valence-corrected chi connectivity index (χ3v) is 7.06. The lowest BCUT2D eigenvalue weighted by Crippen LogP contribution is -2.67. The summed E-state index contributed by atoms with van der Waals surface area (Å²) in [5.41, 5.74) is 3.64. The van der Waals surface area contributed by atoms with Crippen molar-refractivity contribution in [2.45, 2.75) is 31.3 Å². The number of aliphatic hydroxyl groups is 1. The van der Waals surface area contributed by atoms with Gasteiger partial charge in [0.1, 0.15) is 11.6 Å². The Balaban J connectivity index is 1.52. The number of amides is 2. The summed E-state index contributed by atoms with van der Waals surface area (Å²) in [5.74, 6) is 0.516. The zero-order valence-corrected chi connectivity index (χ0v) is 19.6. The first kappa shape index (κ1) is 22.7. The number of fused-ring (bicyclic) bond motifs is 4. The zero-order chi connectivity index (χ0) is 23.9. The minimum atomic E-state index is -0.451. The normalized spacial score (nSPS) is 19.2. The summed E-state index contributed by atoms with van der Waals surface area (Å²) in [7, 11) is 1.64. The van der Waals surface area contributed by atoms with Crippen LogP contribution in [0.2, 0.25) is 0 Å². The highest BCUT2D eigenvalue weighted by Gasteiger charge is 2.53. The number of nitrogens with one attached hydrogen (secondary N) is 2. The number of halogens is 1. The van der Waals surface area contributed by atoms with E-state index in [1.165, 1.54) is 11.6 Å². The van der Waals surface area contributed by atoms with Gasteiger partial charge >= 0.3 is 6.03 Å². The van der Waals surface area contributed by atoms with E-state index in [4.69, 9.17) is 4.74 Å². The molecule has 1 atom stereocenters. The highest BCUT2D eigenvalue weighted by molar-refractivity contribution is 5.89. The first-order valence-electron chi connectivity index (χ1n) is 11.8. The largest absolute Gasteiger partial charge is 0.497 e. The molecule has 1 spiro atoms. The van der Waals surface area contributed by atoms with Gasteiger partial charge in [0, 0.05) is 60.8 Å². The summed E-state index contributed by atoms with van der Waals surface area (Å²) in [6, 6.07) is 12.0. The number of carbonyl (C=O) groups is 1. The highest BCUT2D eigenvalue weighted by atomic mass is 19.1. The number of urea groups is 1. The van der Waals surface area contributed by atoms with Crippen LogP contribution in [0.4, 0.5) is 9.18 Å². The van der Waals surface area contributed by atoms with Gasteiger partial charge < -0.3 is 25.0 Å². The van der Waals surface area contributed by atoms with Crippen molar-refractivity contribution in [1.29, 1.82) is 0 Å². The number of nitrogens with zero attached hydrogens (tertiary/aromatic N) is 2. The Morgan fingerprint density at radius 2 is 2.09 bits per heavy atom. The predicted molar refractivity (Wildman–Crippen MR) is 128 cm³/mol. The topological polar surface area (TPSA) is 80.8 Å². The van der Waals surface area contributed by atoms with Crippen LogP contribution in [0.5, 0.6) is 5.75 Å². The van der Waals surface area contributed by atoms with Gasteiger partial charge in [-0.1, -0.05) is 19.1 Å². The lowest BCUT2D eigenvalue weighted by molar-refractivity contribution is 0.00641. The molecule has 0 bridgehead atoms. The number of aromatic nitrogens is 1. The quantitative estimate of drug-likeness (QED) is 0.519. The van der Waals surface area contributed by atoms with Crippen LogP contribution in [-0.2, 0) is 12.0 Å². The molecule has 3 N–H and O–H groups in total. The number of hydrogen-bond acceptors (Lipinski definition) is 4. The van der Waals surface area contributed by atoms with Gasteiger partial charge in [0.25, 0.3) is 0 Å².